The van der Waals surface area contributed by atoms with E-state index in [0.29, 0.717) is 0 Å². The Balaban J connectivity index is 1.73. The third-order valence-electron chi connectivity index (χ3n) is 5.80. The molecule has 3 N–H and O–H groups in total. The summed E-state index contributed by atoms with van der Waals surface area (Å²) in [7, 11) is -4.16. The number of aliphatic hydroxyl groups excluding tert-OH is 2. The highest BCUT2D eigenvalue weighted by Gasteiger charge is 2.31. The average Bonchev–Trinajstić information content (AvgIpc) is 3.33. The summed E-state index contributed by atoms with van der Waals surface area (Å²) < 4.78 is 95.0. The van der Waals surface area contributed by atoms with Crippen LogP contribution in [0, 0.1) is 11.8 Å². The monoisotopic (exact) mass is 580 g/mol. The normalized spacial score (nSPS) is 12.5. The molecule has 0 saturated heterocycles. The van der Waals surface area contributed by atoms with Gasteiger partial charge < -0.3 is 10.2 Å². The first-order chi connectivity index (χ1) is 18.8. The lowest BCUT2D eigenvalue weighted by Gasteiger charge is -2.25. The van der Waals surface area contributed by atoms with E-state index in [1.54, 1.807) is 0 Å². The fraction of sp³-hybridized carbons (Fsp3) is 0.231. The van der Waals surface area contributed by atoms with E-state index in [9.17, 15) is 40.6 Å². The molecule has 210 valence electrons. The van der Waals surface area contributed by atoms with Gasteiger partial charge in [-0.25, -0.2) is 31.4 Å². The van der Waals surface area contributed by atoms with Crippen LogP contribution in [0.2, 0.25) is 0 Å². The molecule has 40 heavy (non-hydrogen) atoms. The fourth-order valence-corrected chi connectivity index (χ4v) is 5.02. The van der Waals surface area contributed by atoms with Gasteiger partial charge >= 0.3 is 6.18 Å². The summed E-state index contributed by atoms with van der Waals surface area (Å²) >= 11 is 0. The van der Waals surface area contributed by atoms with Crippen molar-refractivity contribution in [2.24, 2.45) is 0 Å². The van der Waals surface area contributed by atoms with Crippen LogP contribution >= 0.6 is 0 Å². The van der Waals surface area contributed by atoms with Gasteiger partial charge in [0, 0.05) is 11.1 Å². The number of hydrogen-bond donors (Lipinski definition) is 3. The third-order valence-corrected chi connectivity index (χ3v) is 7.43. The second-order valence-corrected chi connectivity index (χ2v) is 10.7. The SMILES string of the molecule is CC(CO)(CO)NS(=O)(=O)c1cccc(C#Cc2cnn3c(C(F)F)cc(-c4ccc(C(F)(F)F)cc4)nc23)c1. The van der Waals surface area contributed by atoms with Gasteiger partial charge in [0.05, 0.1) is 46.7 Å². The number of nitrogens with one attached hydrogen (secondary N) is 1. The zero-order valence-electron chi connectivity index (χ0n) is 20.6. The van der Waals surface area contributed by atoms with Crippen LogP contribution in [0.3, 0.4) is 0 Å². The molecule has 0 amide bonds. The highest BCUT2D eigenvalue weighted by atomic mass is 32.2. The Labute approximate surface area is 225 Å². The number of aliphatic hydroxyl groups is 2. The molecule has 0 spiro atoms. The van der Waals surface area contributed by atoms with Gasteiger partial charge in [-0.1, -0.05) is 30.0 Å². The molecule has 2 aromatic heterocycles. The molecule has 0 unspecified atom stereocenters. The van der Waals surface area contributed by atoms with E-state index in [0.717, 1.165) is 34.8 Å². The fourth-order valence-electron chi connectivity index (χ4n) is 3.59. The lowest BCUT2D eigenvalue weighted by molar-refractivity contribution is -0.137. The van der Waals surface area contributed by atoms with E-state index in [1.165, 1.54) is 37.4 Å². The van der Waals surface area contributed by atoms with Crippen molar-refractivity contribution in [2.75, 3.05) is 13.2 Å². The van der Waals surface area contributed by atoms with E-state index >= 15 is 0 Å². The van der Waals surface area contributed by atoms with Crippen molar-refractivity contribution in [1.29, 1.82) is 0 Å². The molecule has 0 aliphatic heterocycles. The van der Waals surface area contributed by atoms with Crippen LogP contribution in [0.4, 0.5) is 22.0 Å². The van der Waals surface area contributed by atoms with Gasteiger partial charge in [-0.3, -0.25) is 0 Å². The molecule has 0 radical (unpaired) electrons. The number of aromatic nitrogens is 3. The largest absolute Gasteiger partial charge is 0.416 e. The molecule has 8 nitrogen and oxygen atoms in total. The van der Waals surface area contributed by atoms with Gasteiger partial charge in [-0.15, -0.1) is 0 Å². The first kappa shape index (κ1) is 29.1. The maximum Gasteiger partial charge on any atom is 0.416 e. The Morgan fingerprint density at radius 3 is 2.30 bits per heavy atom. The van der Waals surface area contributed by atoms with E-state index < -0.39 is 52.6 Å². The van der Waals surface area contributed by atoms with Crippen molar-refractivity contribution in [2.45, 2.75) is 30.0 Å². The summed E-state index contributed by atoms with van der Waals surface area (Å²) in [5.74, 6) is 5.45. The third kappa shape index (κ3) is 6.13. The van der Waals surface area contributed by atoms with Gasteiger partial charge in [0.1, 0.15) is 5.69 Å². The number of nitrogens with zero attached hydrogens (tertiary/aromatic N) is 3. The number of benzene rings is 2. The molecule has 0 aliphatic carbocycles. The van der Waals surface area contributed by atoms with Crippen LogP contribution in [0.5, 0.6) is 0 Å². The van der Waals surface area contributed by atoms with Crippen molar-refractivity contribution in [1.82, 2.24) is 19.3 Å². The zero-order valence-corrected chi connectivity index (χ0v) is 21.4. The van der Waals surface area contributed by atoms with Crippen LogP contribution in [0.15, 0.2) is 65.7 Å². The summed E-state index contributed by atoms with van der Waals surface area (Å²) in [6.45, 7) is 0.0109. The number of fused-ring (bicyclic) bond motifs is 1. The van der Waals surface area contributed by atoms with Crippen LogP contribution in [-0.2, 0) is 16.2 Å². The summed E-state index contributed by atoms with van der Waals surface area (Å²) in [6.07, 6.45) is -6.37. The Hall–Kier alpha value is -3.90. The molecule has 14 heteroatoms. The molecule has 4 aromatic rings. The van der Waals surface area contributed by atoms with E-state index in [4.69, 9.17) is 0 Å². The molecule has 2 aromatic carbocycles. The van der Waals surface area contributed by atoms with Gasteiger partial charge in [0.25, 0.3) is 6.43 Å². The second-order valence-electron chi connectivity index (χ2n) is 9.00. The minimum atomic E-state index is -4.57. The number of rotatable bonds is 7. The lowest BCUT2D eigenvalue weighted by Crippen LogP contribution is -2.51. The molecular formula is C26H21F5N4O4S. The van der Waals surface area contributed by atoms with Gasteiger partial charge in [-0.2, -0.15) is 18.3 Å². The highest BCUT2D eigenvalue weighted by molar-refractivity contribution is 7.89. The van der Waals surface area contributed by atoms with E-state index in [1.807, 2.05) is 0 Å². The Morgan fingerprint density at radius 2 is 1.70 bits per heavy atom. The standard InChI is InChI=1S/C26H21F5N4O4S/c1-25(14-36,15-37)34-40(38,39)20-4-2-3-16(11-20)5-6-18-13-32-35-22(23(27)28)12-21(33-24(18)35)17-7-9-19(10-8-17)26(29,30)31/h2-4,7-13,23,34,36-37H,14-15H2,1H3. The van der Waals surface area contributed by atoms with Gasteiger partial charge in [0.15, 0.2) is 5.65 Å². The predicted molar refractivity (Wildman–Crippen MR) is 134 cm³/mol. The van der Waals surface area contributed by atoms with Crippen molar-refractivity contribution in [3.05, 3.63) is 83.2 Å². The predicted octanol–water partition coefficient (Wildman–Crippen LogP) is 3.77. The summed E-state index contributed by atoms with van der Waals surface area (Å²) in [5, 5.41) is 22.7. The summed E-state index contributed by atoms with van der Waals surface area (Å²) in [4.78, 5) is 4.10. The maximum atomic E-state index is 13.8. The van der Waals surface area contributed by atoms with Crippen molar-refractivity contribution in [3.8, 4) is 23.1 Å². The second kappa shape index (κ2) is 10.9. The van der Waals surface area contributed by atoms with Crippen molar-refractivity contribution >= 4 is 15.7 Å². The molecule has 0 fully saturated rings. The molecule has 0 saturated carbocycles. The molecule has 0 bridgehead atoms. The number of sulfonamides is 1. The summed E-state index contributed by atoms with van der Waals surface area (Å²) in [5.41, 5.74) is -2.55. The summed E-state index contributed by atoms with van der Waals surface area (Å²) in [6, 6.07) is 10.3. The lowest BCUT2D eigenvalue weighted by atomic mass is 10.1. The molecule has 0 aliphatic rings. The zero-order chi connectivity index (χ0) is 29.3. The maximum absolute atomic E-state index is 13.8. The number of halogens is 5. The van der Waals surface area contributed by atoms with E-state index in [2.05, 4.69) is 26.6 Å². The quantitative estimate of drug-likeness (QED) is 0.226. The van der Waals surface area contributed by atoms with Crippen molar-refractivity contribution < 1.29 is 40.6 Å². The Kier molecular flexibility index (Phi) is 7.95. The van der Waals surface area contributed by atoms with E-state index in [-0.39, 0.29) is 32.9 Å². The van der Waals surface area contributed by atoms with Crippen LogP contribution < -0.4 is 4.72 Å². The highest BCUT2D eigenvalue weighted by Crippen LogP contribution is 2.32. The average molecular weight is 581 g/mol. The number of hydrogen-bond acceptors (Lipinski definition) is 6. The van der Waals surface area contributed by atoms with Crippen LogP contribution in [0.1, 0.15) is 35.7 Å². The molecule has 2 heterocycles. The Bertz CT molecular complexity index is 1710. The number of alkyl halides is 5. The van der Waals surface area contributed by atoms with Crippen molar-refractivity contribution in [3.63, 3.8) is 0 Å². The topological polar surface area (TPSA) is 117 Å². The smallest absolute Gasteiger partial charge is 0.394 e. The first-order valence-electron chi connectivity index (χ1n) is 11.5. The first-order valence-corrected chi connectivity index (χ1v) is 13.0. The molecular weight excluding hydrogens is 559 g/mol. The molecule has 0 atom stereocenters. The van der Waals surface area contributed by atoms with Gasteiger partial charge in [-0.05, 0) is 43.3 Å². The minimum Gasteiger partial charge on any atom is -0.394 e. The molecule has 4 rings (SSSR count). The van der Waals surface area contributed by atoms with Crippen LogP contribution in [-0.4, -0.2) is 52.0 Å². The van der Waals surface area contributed by atoms with Crippen LogP contribution in [0.25, 0.3) is 16.9 Å². The van der Waals surface area contributed by atoms with Gasteiger partial charge in [0.2, 0.25) is 10.0 Å². The minimum absolute atomic E-state index is 0.0185. The Morgan fingerprint density at radius 1 is 1.02 bits per heavy atom.